The van der Waals surface area contributed by atoms with Crippen LogP contribution in [-0.4, -0.2) is 30.3 Å². The van der Waals surface area contributed by atoms with Crippen LogP contribution < -0.4 is 16.6 Å². The van der Waals surface area contributed by atoms with Gasteiger partial charge in [-0.3, -0.25) is 18.7 Å². The minimum Gasteiger partial charge on any atom is -0.326 e. The lowest BCUT2D eigenvalue weighted by Crippen LogP contribution is -2.37. The van der Waals surface area contributed by atoms with Crippen molar-refractivity contribution in [3.05, 3.63) is 85.0 Å². The van der Waals surface area contributed by atoms with Crippen molar-refractivity contribution >= 4 is 46.1 Å². The number of carbonyl (C=O) groups excluding carboxylic acids is 1. The SMILES string of the molecule is Cc1ccc(NC(=O)CCSc2nc3c(c(=O)n(C)c(=O)n3C)n2Cc2ccccc2Cl)cc1C. The highest BCUT2D eigenvalue weighted by atomic mass is 35.5. The molecule has 0 unspecified atom stereocenters. The van der Waals surface area contributed by atoms with Crippen molar-refractivity contribution in [1.29, 1.82) is 0 Å². The highest BCUT2D eigenvalue weighted by Crippen LogP contribution is 2.26. The van der Waals surface area contributed by atoms with Crippen LogP contribution in [0.4, 0.5) is 5.69 Å². The molecule has 2 aromatic heterocycles. The van der Waals surface area contributed by atoms with Crippen molar-refractivity contribution in [1.82, 2.24) is 18.7 Å². The summed E-state index contributed by atoms with van der Waals surface area (Å²) in [5.74, 6) is 0.328. The summed E-state index contributed by atoms with van der Waals surface area (Å²) in [6.45, 7) is 4.33. The summed E-state index contributed by atoms with van der Waals surface area (Å²) in [5.41, 5.74) is 3.58. The Morgan fingerprint density at radius 3 is 2.51 bits per heavy atom. The van der Waals surface area contributed by atoms with Gasteiger partial charge in [0.05, 0.1) is 6.54 Å². The normalized spacial score (nSPS) is 11.2. The third-order valence-corrected chi connectivity index (χ3v) is 7.30. The molecule has 0 spiro atoms. The number of imidazole rings is 1. The number of halogens is 1. The fourth-order valence-electron chi connectivity index (χ4n) is 3.76. The average Bonchev–Trinajstić information content (AvgIpc) is 3.18. The maximum atomic E-state index is 13.0. The number of thioether (sulfide) groups is 1. The highest BCUT2D eigenvalue weighted by Gasteiger charge is 2.20. The Balaban J connectivity index is 1.61. The molecule has 4 rings (SSSR count). The second-order valence-electron chi connectivity index (χ2n) is 8.40. The van der Waals surface area contributed by atoms with E-state index in [9.17, 15) is 14.4 Å². The van der Waals surface area contributed by atoms with Crippen molar-refractivity contribution in [3.8, 4) is 0 Å². The number of fused-ring (bicyclic) bond motifs is 1. The van der Waals surface area contributed by atoms with Gasteiger partial charge in [0.2, 0.25) is 5.91 Å². The molecule has 4 aromatic rings. The molecular weight excluding hydrogens is 486 g/mol. The number of hydrogen-bond acceptors (Lipinski definition) is 5. The Kier molecular flexibility index (Phi) is 7.18. The fourth-order valence-corrected chi connectivity index (χ4v) is 4.89. The third kappa shape index (κ3) is 5.06. The van der Waals surface area contributed by atoms with E-state index in [1.807, 2.05) is 50.2 Å². The molecule has 0 aliphatic carbocycles. The molecule has 0 aliphatic rings. The smallest absolute Gasteiger partial charge is 0.326 e. The zero-order valence-corrected chi connectivity index (χ0v) is 21.5. The average molecular weight is 512 g/mol. The number of anilines is 1. The van der Waals surface area contributed by atoms with Gasteiger partial charge >= 0.3 is 5.69 Å². The number of aryl methyl sites for hydroxylation is 3. The van der Waals surface area contributed by atoms with Crippen LogP contribution in [0, 0.1) is 13.8 Å². The Morgan fingerprint density at radius 2 is 1.80 bits per heavy atom. The molecule has 0 aliphatic heterocycles. The second kappa shape index (κ2) is 10.1. The van der Waals surface area contributed by atoms with E-state index in [0.717, 1.165) is 26.9 Å². The first-order valence-electron chi connectivity index (χ1n) is 11.1. The molecule has 1 amide bonds. The fraction of sp³-hybridized carbons (Fsp3) is 0.280. The first kappa shape index (κ1) is 24.8. The van der Waals surface area contributed by atoms with Crippen LogP contribution in [0.5, 0.6) is 0 Å². The van der Waals surface area contributed by atoms with Gasteiger partial charge in [-0.15, -0.1) is 0 Å². The van der Waals surface area contributed by atoms with Crippen molar-refractivity contribution < 1.29 is 4.79 Å². The van der Waals surface area contributed by atoms with Crippen LogP contribution in [-0.2, 0) is 25.4 Å². The molecule has 0 saturated carbocycles. The van der Waals surface area contributed by atoms with E-state index < -0.39 is 11.2 Å². The topological polar surface area (TPSA) is 90.9 Å². The predicted octanol–water partition coefficient (Wildman–Crippen LogP) is 3.87. The number of rotatable bonds is 7. The largest absolute Gasteiger partial charge is 0.332 e. The van der Waals surface area contributed by atoms with Gasteiger partial charge in [0, 0.05) is 37.0 Å². The van der Waals surface area contributed by atoms with Crippen LogP contribution in [0.25, 0.3) is 11.2 Å². The maximum absolute atomic E-state index is 13.0. The van der Waals surface area contributed by atoms with E-state index >= 15 is 0 Å². The highest BCUT2D eigenvalue weighted by molar-refractivity contribution is 7.99. The number of amides is 1. The van der Waals surface area contributed by atoms with Crippen molar-refractivity contribution in [2.75, 3.05) is 11.1 Å². The maximum Gasteiger partial charge on any atom is 0.332 e. The summed E-state index contributed by atoms with van der Waals surface area (Å²) in [5, 5.41) is 4.03. The lowest BCUT2D eigenvalue weighted by molar-refractivity contribution is -0.115. The molecule has 182 valence electrons. The molecule has 0 saturated heterocycles. The Hall–Kier alpha value is -3.30. The molecule has 0 fully saturated rings. The molecule has 8 nitrogen and oxygen atoms in total. The van der Waals surface area contributed by atoms with E-state index in [4.69, 9.17) is 11.6 Å². The van der Waals surface area contributed by atoms with E-state index in [1.165, 1.54) is 23.4 Å². The molecule has 0 atom stereocenters. The zero-order valence-electron chi connectivity index (χ0n) is 20.0. The molecule has 0 bridgehead atoms. The van der Waals surface area contributed by atoms with Gasteiger partial charge in [0.15, 0.2) is 16.3 Å². The molecule has 2 aromatic carbocycles. The van der Waals surface area contributed by atoms with Gasteiger partial charge in [-0.05, 0) is 48.7 Å². The first-order chi connectivity index (χ1) is 16.7. The van der Waals surface area contributed by atoms with Crippen LogP contribution in [0.1, 0.15) is 23.1 Å². The van der Waals surface area contributed by atoms with Gasteiger partial charge in [-0.25, -0.2) is 9.78 Å². The van der Waals surface area contributed by atoms with Crippen molar-refractivity contribution in [3.63, 3.8) is 0 Å². The quantitative estimate of drug-likeness (QED) is 0.380. The minimum atomic E-state index is -0.450. The Labute approximate surface area is 211 Å². The summed E-state index contributed by atoms with van der Waals surface area (Å²) < 4.78 is 4.19. The van der Waals surface area contributed by atoms with Gasteiger partial charge in [-0.1, -0.05) is 47.6 Å². The number of nitrogens with zero attached hydrogens (tertiary/aromatic N) is 4. The van der Waals surface area contributed by atoms with Crippen LogP contribution in [0.3, 0.4) is 0 Å². The predicted molar refractivity (Wildman–Crippen MR) is 141 cm³/mol. The second-order valence-corrected chi connectivity index (χ2v) is 9.86. The Morgan fingerprint density at radius 1 is 1.06 bits per heavy atom. The van der Waals surface area contributed by atoms with Crippen LogP contribution in [0.2, 0.25) is 5.02 Å². The molecule has 35 heavy (non-hydrogen) atoms. The lowest BCUT2D eigenvalue weighted by Gasteiger charge is -2.11. The molecule has 1 N–H and O–H groups in total. The van der Waals surface area contributed by atoms with Crippen LogP contribution >= 0.6 is 23.4 Å². The van der Waals surface area contributed by atoms with Crippen molar-refractivity contribution in [2.45, 2.75) is 32.0 Å². The number of carbonyl (C=O) groups is 1. The lowest BCUT2D eigenvalue weighted by atomic mass is 10.1. The standard InChI is InChI=1S/C25H26ClN5O3S/c1-15-9-10-18(13-16(15)2)27-20(32)11-12-35-24-28-22-21(23(33)30(4)25(34)29(22)3)31(24)14-17-7-5-6-8-19(17)26/h5-10,13H,11-12,14H2,1-4H3,(H,27,32). The van der Waals surface area contributed by atoms with Gasteiger partial charge in [-0.2, -0.15) is 0 Å². The van der Waals surface area contributed by atoms with E-state index in [0.29, 0.717) is 33.6 Å². The van der Waals surface area contributed by atoms with Crippen LogP contribution in [0.15, 0.2) is 57.2 Å². The van der Waals surface area contributed by atoms with E-state index in [1.54, 1.807) is 17.7 Å². The third-order valence-electron chi connectivity index (χ3n) is 5.95. The monoisotopic (exact) mass is 511 g/mol. The van der Waals surface area contributed by atoms with Gasteiger partial charge in [0.1, 0.15) is 0 Å². The number of hydrogen-bond donors (Lipinski definition) is 1. The Bertz CT molecular complexity index is 1550. The number of aromatic nitrogens is 4. The minimum absolute atomic E-state index is 0.113. The molecule has 2 heterocycles. The van der Waals surface area contributed by atoms with E-state index in [-0.39, 0.29) is 12.3 Å². The van der Waals surface area contributed by atoms with E-state index in [2.05, 4.69) is 10.3 Å². The summed E-state index contributed by atoms with van der Waals surface area (Å²) >= 11 is 7.74. The van der Waals surface area contributed by atoms with Gasteiger partial charge < -0.3 is 9.88 Å². The number of nitrogens with one attached hydrogen (secondary N) is 1. The molecular formula is C25H26ClN5O3S. The summed E-state index contributed by atoms with van der Waals surface area (Å²) in [4.78, 5) is 42.6. The first-order valence-corrected chi connectivity index (χ1v) is 12.4. The summed E-state index contributed by atoms with van der Waals surface area (Å²) in [6.07, 6.45) is 0.254. The molecule has 10 heteroatoms. The number of benzene rings is 2. The molecule has 0 radical (unpaired) electrons. The van der Waals surface area contributed by atoms with Crippen molar-refractivity contribution in [2.24, 2.45) is 14.1 Å². The zero-order chi connectivity index (χ0) is 25.3. The summed E-state index contributed by atoms with van der Waals surface area (Å²) in [6, 6.07) is 13.2. The van der Waals surface area contributed by atoms with Gasteiger partial charge in [0.25, 0.3) is 5.56 Å². The summed E-state index contributed by atoms with van der Waals surface area (Å²) in [7, 11) is 3.03.